The number of hydrogen-bond donors (Lipinski definition) is 1. The molecular formula is C52H34N4. The number of nitrogens with zero attached hydrogens (tertiary/aromatic N) is 3. The molecule has 0 radical (unpaired) electrons. The number of fused-ring (bicyclic) bond motifs is 9. The molecule has 0 saturated carbocycles. The zero-order valence-corrected chi connectivity index (χ0v) is 30.4. The van der Waals surface area contributed by atoms with Crippen molar-refractivity contribution in [1.29, 1.82) is 5.41 Å². The van der Waals surface area contributed by atoms with E-state index in [1.165, 1.54) is 21.8 Å². The zero-order valence-electron chi connectivity index (χ0n) is 30.4. The van der Waals surface area contributed by atoms with Gasteiger partial charge < -0.3 is 4.57 Å². The van der Waals surface area contributed by atoms with E-state index in [0.29, 0.717) is 0 Å². The number of allylic oxidation sites excluding steroid dienone is 2. The Bertz CT molecular complexity index is 3300. The normalized spacial score (nSPS) is 14.1. The first-order valence-corrected chi connectivity index (χ1v) is 19.0. The lowest BCUT2D eigenvalue weighted by molar-refractivity contribution is 1.18. The molecule has 4 heteroatoms. The van der Waals surface area contributed by atoms with Gasteiger partial charge in [0.25, 0.3) is 0 Å². The highest BCUT2D eigenvalue weighted by molar-refractivity contribution is 6.28. The molecule has 1 aliphatic rings. The molecule has 2 heterocycles. The number of para-hydroxylation sites is 3. The topological polar surface area (TPSA) is 46.1 Å². The van der Waals surface area contributed by atoms with Crippen molar-refractivity contribution in [3.05, 3.63) is 210 Å². The summed E-state index contributed by atoms with van der Waals surface area (Å²) in [5.41, 5.74) is 12.7. The first-order valence-electron chi connectivity index (χ1n) is 19.0. The van der Waals surface area contributed by atoms with E-state index in [4.69, 9.17) is 4.99 Å². The Labute approximate surface area is 323 Å². The van der Waals surface area contributed by atoms with Crippen LogP contribution in [-0.2, 0) is 0 Å². The van der Waals surface area contributed by atoms with E-state index in [9.17, 15) is 5.41 Å². The Morgan fingerprint density at radius 3 is 1.91 bits per heavy atom. The third-order valence-electron chi connectivity index (χ3n) is 11.2. The molecule has 8 aromatic carbocycles. The van der Waals surface area contributed by atoms with Crippen molar-refractivity contribution in [2.45, 2.75) is 0 Å². The number of aliphatic imine (C=N–C) groups is 1. The second-order valence-corrected chi connectivity index (χ2v) is 14.4. The second kappa shape index (κ2) is 12.8. The van der Waals surface area contributed by atoms with E-state index in [1.54, 1.807) is 0 Å². The van der Waals surface area contributed by atoms with Gasteiger partial charge in [-0.25, -0.2) is 4.99 Å². The minimum absolute atomic E-state index is 0.170. The Balaban J connectivity index is 1.14. The minimum Gasteiger partial charge on any atom is -0.309 e. The van der Waals surface area contributed by atoms with Gasteiger partial charge in [-0.2, -0.15) is 0 Å². The lowest BCUT2D eigenvalue weighted by atomic mass is 9.90. The maximum Gasteiger partial charge on any atom is 0.227 e. The van der Waals surface area contributed by atoms with Crippen LogP contribution in [-0.4, -0.2) is 20.8 Å². The summed E-state index contributed by atoms with van der Waals surface area (Å²) in [6, 6.07) is 64.1. The van der Waals surface area contributed by atoms with E-state index in [-0.39, 0.29) is 5.96 Å². The van der Waals surface area contributed by atoms with Crippen molar-refractivity contribution < 1.29 is 0 Å². The average molecular weight is 715 g/mol. The maximum atomic E-state index is 9.81. The number of nitrogens with one attached hydrogen (secondary N) is 1. The van der Waals surface area contributed by atoms with Crippen LogP contribution in [0.25, 0.3) is 83.4 Å². The number of aromatic nitrogens is 2. The molecule has 56 heavy (non-hydrogen) atoms. The Hall–Kier alpha value is -7.56. The minimum atomic E-state index is 0.170. The highest BCUT2D eigenvalue weighted by Crippen LogP contribution is 2.42. The summed E-state index contributed by atoms with van der Waals surface area (Å²) in [6.45, 7) is 0. The lowest BCUT2D eigenvalue weighted by Crippen LogP contribution is -2.16. The molecular weight excluding hydrogens is 681 g/mol. The van der Waals surface area contributed by atoms with E-state index >= 15 is 0 Å². The predicted molar refractivity (Wildman–Crippen MR) is 236 cm³/mol. The van der Waals surface area contributed by atoms with Gasteiger partial charge >= 0.3 is 0 Å². The van der Waals surface area contributed by atoms with Crippen molar-refractivity contribution in [2.24, 2.45) is 4.99 Å². The van der Waals surface area contributed by atoms with Crippen molar-refractivity contribution in [2.75, 3.05) is 0 Å². The van der Waals surface area contributed by atoms with Gasteiger partial charge in [-0.1, -0.05) is 152 Å². The van der Waals surface area contributed by atoms with Gasteiger partial charge in [-0.3, -0.25) is 9.98 Å². The fraction of sp³-hybridized carbons (Fsp3) is 0. The lowest BCUT2D eigenvalue weighted by Gasteiger charge is -2.17. The van der Waals surface area contributed by atoms with Gasteiger partial charge in [0.05, 0.1) is 27.8 Å². The van der Waals surface area contributed by atoms with Crippen LogP contribution in [0.1, 0.15) is 16.7 Å². The summed E-state index contributed by atoms with van der Waals surface area (Å²) < 4.78 is 4.40. The first kappa shape index (κ1) is 31.9. The van der Waals surface area contributed by atoms with E-state index in [1.807, 2.05) is 34.9 Å². The molecule has 1 aliphatic carbocycles. The van der Waals surface area contributed by atoms with Crippen molar-refractivity contribution in [3.8, 4) is 16.8 Å². The average Bonchev–Trinajstić information content (AvgIpc) is 3.78. The summed E-state index contributed by atoms with van der Waals surface area (Å²) in [5, 5.41) is 16.6. The molecule has 0 unspecified atom stereocenters. The van der Waals surface area contributed by atoms with E-state index in [0.717, 1.165) is 77.4 Å². The summed E-state index contributed by atoms with van der Waals surface area (Å²) >= 11 is 0. The van der Waals surface area contributed by atoms with Gasteiger partial charge in [0.2, 0.25) is 5.96 Å². The first-order chi connectivity index (χ1) is 27.7. The number of rotatable bonds is 3. The largest absolute Gasteiger partial charge is 0.309 e. The van der Waals surface area contributed by atoms with Crippen LogP contribution < -0.4 is 0 Å². The Morgan fingerprint density at radius 2 is 1.11 bits per heavy atom. The molecule has 0 amide bonds. The van der Waals surface area contributed by atoms with Crippen LogP contribution in [0.5, 0.6) is 0 Å². The molecule has 2 aromatic heterocycles. The molecule has 0 spiro atoms. The molecule has 0 atom stereocenters. The van der Waals surface area contributed by atoms with Gasteiger partial charge in [0.15, 0.2) is 0 Å². The van der Waals surface area contributed by atoms with Gasteiger partial charge in [0, 0.05) is 43.8 Å². The molecule has 1 N–H and O–H groups in total. The third kappa shape index (κ3) is 5.00. The molecule has 10 aromatic rings. The fourth-order valence-corrected chi connectivity index (χ4v) is 8.68. The molecule has 0 fully saturated rings. The maximum absolute atomic E-state index is 9.81. The Morgan fingerprint density at radius 1 is 0.482 bits per heavy atom. The van der Waals surface area contributed by atoms with E-state index in [2.05, 4.69) is 174 Å². The zero-order chi connectivity index (χ0) is 37.2. The summed E-state index contributed by atoms with van der Waals surface area (Å²) in [6.07, 6.45) is 6.41. The second-order valence-electron chi connectivity index (χ2n) is 14.4. The quantitative estimate of drug-likeness (QED) is 0.140. The van der Waals surface area contributed by atoms with Crippen LogP contribution in [0.3, 0.4) is 0 Å². The van der Waals surface area contributed by atoms with Crippen molar-refractivity contribution in [3.63, 3.8) is 0 Å². The highest BCUT2D eigenvalue weighted by Gasteiger charge is 2.22. The molecule has 0 saturated heterocycles. The molecule has 0 aliphatic heterocycles. The van der Waals surface area contributed by atoms with Crippen molar-refractivity contribution in [1.82, 2.24) is 9.13 Å². The van der Waals surface area contributed by atoms with Crippen LogP contribution in [0.4, 0.5) is 0 Å². The summed E-state index contributed by atoms with van der Waals surface area (Å²) in [4.78, 5) is 5.22. The van der Waals surface area contributed by atoms with Crippen LogP contribution in [0.15, 0.2) is 199 Å². The Kier molecular flexibility index (Phi) is 7.29. The summed E-state index contributed by atoms with van der Waals surface area (Å²) in [7, 11) is 0. The van der Waals surface area contributed by atoms with Gasteiger partial charge in [0.1, 0.15) is 0 Å². The predicted octanol–water partition coefficient (Wildman–Crippen LogP) is 13.1. The van der Waals surface area contributed by atoms with Gasteiger partial charge in [-0.15, -0.1) is 0 Å². The molecule has 0 bridgehead atoms. The van der Waals surface area contributed by atoms with Gasteiger partial charge in [-0.05, 0) is 76.2 Å². The van der Waals surface area contributed by atoms with Crippen molar-refractivity contribution >= 4 is 78.2 Å². The molecule has 4 nitrogen and oxygen atoms in total. The third-order valence-corrected chi connectivity index (χ3v) is 11.2. The number of hydrogen-bond acceptors (Lipinski definition) is 1. The standard InChI is InChI=1S/C52H34N4/c53-52(54-50-37(31-34-15-3-1-4-16-34)28-27-35-17-7-8-20-39(35)50)56-48-26-14-12-23-42(48)46-33-44(40-21-9-10-24-43(40)51(46)56)36-29-30-49-45(32-36)41-22-11-13-25-47(41)55(49)38-18-5-2-6-19-38/h1-33,53H/b37-31+,53-52?,54-50+. The fourth-order valence-electron chi connectivity index (χ4n) is 8.68. The van der Waals surface area contributed by atoms with Crippen LogP contribution >= 0.6 is 0 Å². The molecule has 11 rings (SSSR count). The SMILES string of the molecule is N=C(/N=C1\C(=C\c2ccccc2)C=Cc2ccccc21)n1c2ccccc2c2cc(-c3ccc4c(c3)c3ccccc3n4-c3ccccc3)c3ccccc3c21. The highest BCUT2D eigenvalue weighted by atomic mass is 15.2. The molecule has 262 valence electrons. The number of benzene rings is 8. The van der Waals surface area contributed by atoms with Crippen LogP contribution in [0, 0.1) is 5.41 Å². The monoisotopic (exact) mass is 714 g/mol. The smallest absolute Gasteiger partial charge is 0.227 e. The van der Waals surface area contributed by atoms with E-state index < -0.39 is 0 Å². The van der Waals surface area contributed by atoms with Crippen LogP contribution in [0.2, 0.25) is 0 Å². The summed E-state index contributed by atoms with van der Waals surface area (Å²) in [5.74, 6) is 0.170.